The lowest BCUT2D eigenvalue weighted by Crippen LogP contribution is -2.44. The molecular weight excluding hydrogens is 186 g/mol. The van der Waals surface area contributed by atoms with Crippen LogP contribution >= 0.6 is 0 Å². The summed E-state index contributed by atoms with van der Waals surface area (Å²) in [5, 5.41) is 7.05. The second kappa shape index (κ2) is 4.79. The van der Waals surface area contributed by atoms with Gasteiger partial charge in [0.15, 0.2) is 0 Å². The van der Waals surface area contributed by atoms with Gasteiger partial charge in [-0.25, -0.2) is 0 Å². The fourth-order valence-corrected chi connectivity index (χ4v) is 2.11. The van der Waals surface area contributed by atoms with E-state index in [0.29, 0.717) is 6.04 Å². The van der Waals surface area contributed by atoms with Crippen molar-refractivity contribution in [1.29, 1.82) is 5.41 Å². The third-order valence-electron chi connectivity index (χ3n) is 3.59. The Kier molecular flexibility index (Phi) is 3.91. The molecule has 3 nitrogen and oxygen atoms in total. The Morgan fingerprint density at radius 1 is 1.40 bits per heavy atom. The fraction of sp³-hybridized carbons (Fsp3) is 0.750. The standard InChI is InChI=1S/C12H23N3/c1-10(2)15-8-5-12(3,6-9-15)11(14)4-7-13/h4,7,10,13H,5-6,8-9,14H2,1-3H3/b11-4-,13-7?. The Hall–Kier alpha value is -0.830. The normalized spacial score (nSPS) is 23.1. The largest absolute Gasteiger partial charge is 0.402 e. The van der Waals surface area contributed by atoms with E-state index in [2.05, 4.69) is 25.7 Å². The summed E-state index contributed by atoms with van der Waals surface area (Å²) in [7, 11) is 0. The minimum Gasteiger partial charge on any atom is -0.402 e. The SMILES string of the molecule is CC(C)N1CCC(C)(/C(N)=C/C=N)CC1. The van der Waals surface area contributed by atoms with Gasteiger partial charge in [-0.05, 0) is 45.9 Å². The Labute approximate surface area is 92.8 Å². The molecule has 0 aromatic rings. The number of hydrogen-bond acceptors (Lipinski definition) is 3. The van der Waals surface area contributed by atoms with Crippen LogP contribution in [0, 0.1) is 10.8 Å². The topological polar surface area (TPSA) is 53.1 Å². The second-order valence-corrected chi connectivity index (χ2v) is 4.98. The van der Waals surface area contributed by atoms with Gasteiger partial charge in [0.05, 0.1) is 0 Å². The zero-order valence-corrected chi connectivity index (χ0v) is 10.1. The minimum atomic E-state index is 0.100. The monoisotopic (exact) mass is 209 g/mol. The lowest BCUT2D eigenvalue weighted by molar-refractivity contribution is 0.116. The van der Waals surface area contributed by atoms with Crippen LogP contribution in [0.4, 0.5) is 0 Å². The number of nitrogens with one attached hydrogen (secondary N) is 1. The highest BCUT2D eigenvalue weighted by atomic mass is 15.2. The maximum Gasteiger partial charge on any atom is 0.0195 e. The van der Waals surface area contributed by atoms with Gasteiger partial charge in [0.1, 0.15) is 0 Å². The highest BCUT2D eigenvalue weighted by molar-refractivity contribution is 5.69. The second-order valence-electron chi connectivity index (χ2n) is 4.98. The summed E-state index contributed by atoms with van der Waals surface area (Å²) in [5.41, 5.74) is 6.97. The van der Waals surface area contributed by atoms with Crippen molar-refractivity contribution in [2.75, 3.05) is 13.1 Å². The van der Waals surface area contributed by atoms with Crippen molar-refractivity contribution < 1.29 is 0 Å². The molecule has 3 heteroatoms. The van der Waals surface area contributed by atoms with Crippen LogP contribution in [0.1, 0.15) is 33.6 Å². The molecule has 1 rings (SSSR count). The van der Waals surface area contributed by atoms with Crippen molar-refractivity contribution in [3.05, 3.63) is 11.8 Å². The van der Waals surface area contributed by atoms with Gasteiger partial charge in [0.25, 0.3) is 0 Å². The number of rotatable bonds is 3. The zero-order valence-electron chi connectivity index (χ0n) is 10.1. The molecule has 0 aliphatic carbocycles. The van der Waals surface area contributed by atoms with Crippen molar-refractivity contribution >= 4 is 6.21 Å². The molecule has 1 fully saturated rings. The summed E-state index contributed by atoms with van der Waals surface area (Å²) in [6.07, 6.45) is 5.21. The first-order chi connectivity index (χ1) is 6.99. The van der Waals surface area contributed by atoms with Crippen LogP contribution in [0.5, 0.6) is 0 Å². The van der Waals surface area contributed by atoms with Crippen LogP contribution in [-0.4, -0.2) is 30.2 Å². The molecule has 0 unspecified atom stereocenters. The van der Waals surface area contributed by atoms with Gasteiger partial charge in [-0.3, -0.25) is 0 Å². The summed E-state index contributed by atoms with van der Waals surface area (Å²) in [4.78, 5) is 2.49. The van der Waals surface area contributed by atoms with Gasteiger partial charge in [0, 0.05) is 23.4 Å². The number of allylic oxidation sites excluding steroid dienone is 2. The molecule has 1 heterocycles. The molecule has 0 amide bonds. The third kappa shape index (κ3) is 2.81. The van der Waals surface area contributed by atoms with Gasteiger partial charge in [-0.1, -0.05) is 6.92 Å². The Morgan fingerprint density at radius 3 is 2.33 bits per heavy atom. The van der Waals surface area contributed by atoms with Crippen molar-refractivity contribution in [1.82, 2.24) is 4.90 Å². The van der Waals surface area contributed by atoms with Gasteiger partial charge in [0.2, 0.25) is 0 Å². The molecule has 1 aliphatic heterocycles. The van der Waals surface area contributed by atoms with E-state index in [1.807, 2.05) is 0 Å². The molecule has 0 spiro atoms. The first kappa shape index (κ1) is 12.2. The van der Waals surface area contributed by atoms with E-state index in [0.717, 1.165) is 31.6 Å². The van der Waals surface area contributed by atoms with Crippen molar-refractivity contribution in [3.8, 4) is 0 Å². The molecule has 15 heavy (non-hydrogen) atoms. The van der Waals surface area contributed by atoms with Crippen LogP contribution in [0.3, 0.4) is 0 Å². The maximum atomic E-state index is 7.05. The summed E-state index contributed by atoms with van der Waals surface area (Å²) >= 11 is 0. The van der Waals surface area contributed by atoms with Crippen LogP contribution in [0.15, 0.2) is 11.8 Å². The van der Waals surface area contributed by atoms with Gasteiger partial charge in [-0.15, -0.1) is 0 Å². The van der Waals surface area contributed by atoms with Crippen LogP contribution in [0.2, 0.25) is 0 Å². The fourth-order valence-electron chi connectivity index (χ4n) is 2.11. The first-order valence-electron chi connectivity index (χ1n) is 5.70. The number of likely N-dealkylation sites (tertiary alicyclic amines) is 1. The predicted molar refractivity (Wildman–Crippen MR) is 65.1 cm³/mol. The van der Waals surface area contributed by atoms with Gasteiger partial charge >= 0.3 is 0 Å². The number of hydrogen-bond donors (Lipinski definition) is 2. The van der Waals surface area contributed by atoms with E-state index >= 15 is 0 Å². The molecule has 0 aromatic carbocycles. The zero-order chi connectivity index (χ0) is 11.5. The summed E-state index contributed by atoms with van der Waals surface area (Å²) in [6.45, 7) is 8.90. The van der Waals surface area contributed by atoms with Gasteiger partial charge < -0.3 is 16.0 Å². The molecule has 0 saturated carbocycles. The Morgan fingerprint density at radius 2 is 1.93 bits per heavy atom. The summed E-state index contributed by atoms with van der Waals surface area (Å²) in [6, 6.07) is 0.627. The van der Waals surface area contributed by atoms with Crippen LogP contribution < -0.4 is 5.73 Å². The number of nitrogens with two attached hydrogens (primary N) is 1. The molecule has 86 valence electrons. The smallest absolute Gasteiger partial charge is 0.0195 e. The molecule has 0 atom stereocenters. The Balaban J connectivity index is 2.62. The van der Waals surface area contributed by atoms with Crippen LogP contribution in [-0.2, 0) is 0 Å². The lowest BCUT2D eigenvalue weighted by Gasteiger charge is -2.41. The number of nitrogens with zero attached hydrogens (tertiary/aromatic N) is 1. The molecule has 1 saturated heterocycles. The van der Waals surface area contributed by atoms with E-state index in [1.54, 1.807) is 6.08 Å². The molecular formula is C12H23N3. The summed E-state index contributed by atoms with van der Waals surface area (Å²) < 4.78 is 0. The first-order valence-corrected chi connectivity index (χ1v) is 5.70. The molecule has 0 bridgehead atoms. The van der Waals surface area contributed by atoms with E-state index in [9.17, 15) is 0 Å². The van der Waals surface area contributed by atoms with Crippen molar-refractivity contribution in [2.45, 2.75) is 39.7 Å². The Bertz CT molecular complexity index is 248. The quantitative estimate of drug-likeness (QED) is 0.698. The minimum absolute atomic E-state index is 0.100. The van der Waals surface area contributed by atoms with Crippen LogP contribution in [0.25, 0.3) is 0 Å². The van der Waals surface area contributed by atoms with Gasteiger partial charge in [-0.2, -0.15) is 0 Å². The van der Waals surface area contributed by atoms with E-state index in [-0.39, 0.29) is 5.41 Å². The summed E-state index contributed by atoms with van der Waals surface area (Å²) in [5.74, 6) is 0. The molecule has 1 aliphatic rings. The third-order valence-corrected chi connectivity index (χ3v) is 3.59. The average Bonchev–Trinajstić information content (AvgIpc) is 2.18. The predicted octanol–water partition coefficient (Wildman–Crippen LogP) is 1.99. The molecule has 0 aromatic heterocycles. The van der Waals surface area contributed by atoms with Crippen molar-refractivity contribution in [2.24, 2.45) is 11.1 Å². The number of piperidine rings is 1. The van der Waals surface area contributed by atoms with E-state index in [1.165, 1.54) is 6.21 Å². The lowest BCUT2D eigenvalue weighted by atomic mass is 9.77. The molecule has 3 N–H and O–H groups in total. The van der Waals surface area contributed by atoms with E-state index in [4.69, 9.17) is 11.1 Å². The van der Waals surface area contributed by atoms with E-state index < -0.39 is 0 Å². The highest BCUT2D eigenvalue weighted by Crippen LogP contribution is 2.35. The van der Waals surface area contributed by atoms with Crippen molar-refractivity contribution in [3.63, 3.8) is 0 Å². The highest BCUT2D eigenvalue weighted by Gasteiger charge is 2.32. The maximum absolute atomic E-state index is 7.05. The molecule has 0 radical (unpaired) electrons. The average molecular weight is 209 g/mol.